The first-order valence-electron chi connectivity index (χ1n) is 9.33. The molecule has 2 N–H and O–H groups in total. The lowest BCUT2D eigenvalue weighted by Gasteiger charge is -2.33. The number of thiophene rings is 1. The molecule has 1 aliphatic heterocycles. The van der Waals surface area contributed by atoms with Crippen molar-refractivity contribution in [2.75, 3.05) is 31.1 Å². The maximum Gasteiger partial charge on any atom is 0.223 e. The molecule has 4 rings (SSSR count). The summed E-state index contributed by atoms with van der Waals surface area (Å²) in [6.07, 6.45) is 1.65. The average Bonchev–Trinajstić information content (AvgIpc) is 3.21. The van der Waals surface area contributed by atoms with E-state index in [1.165, 1.54) is 10.4 Å². The van der Waals surface area contributed by atoms with Gasteiger partial charge in [-0.1, -0.05) is 30.3 Å². The Morgan fingerprint density at radius 3 is 2.68 bits per heavy atom. The first-order chi connectivity index (χ1) is 13.3. The largest absolute Gasteiger partial charge is 0.395 e. The van der Waals surface area contributed by atoms with Crippen LogP contribution in [0.5, 0.6) is 0 Å². The summed E-state index contributed by atoms with van der Waals surface area (Å²) in [6.45, 7) is 2.02. The fourth-order valence-corrected chi connectivity index (χ4v) is 4.51. The third kappa shape index (κ3) is 4.29. The van der Waals surface area contributed by atoms with Crippen molar-refractivity contribution in [1.82, 2.24) is 10.3 Å². The minimum atomic E-state index is -0.0137. The highest BCUT2D eigenvalue weighted by Gasteiger charge is 2.26. The molecule has 3 aromatic rings. The van der Waals surface area contributed by atoms with Gasteiger partial charge in [0.15, 0.2) is 0 Å². The highest BCUT2D eigenvalue weighted by atomic mass is 35.5. The zero-order valence-electron chi connectivity index (χ0n) is 15.5. The molecule has 28 heavy (non-hydrogen) atoms. The van der Waals surface area contributed by atoms with Crippen LogP contribution in [0.1, 0.15) is 12.8 Å². The molecule has 1 amide bonds. The van der Waals surface area contributed by atoms with E-state index >= 15 is 0 Å². The van der Waals surface area contributed by atoms with E-state index in [1.807, 2.05) is 18.2 Å². The SMILES string of the molecule is Cl.O=C(NCCO)C1CCN(c2cc(-c3ccccc3)nc3ccsc23)CC1. The third-order valence-electron chi connectivity index (χ3n) is 5.08. The number of anilines is 1. The van der Waals surface area contributed by atoms with Gasteiger partial charge >= 0.3 is 0 Å². The van der Waals surface area contributed by atoms with Gasteiger partial charge in [0.1, 0.15) is 0 Å². The number of rotatable bonds is 5. The van der Waals surface area contributed by atoms with Gasteiger partial charge in [0.05, 0.1) is 28.2 Å². The Hall–Kier alpha value is -2.15. The molecule has 0 bridgehead atoms. The molecule has 0 unspecified atom stereocenters. The second-order valence-electron chi connectivity index (χ2n) is 6.80. The lowest BCUT2D eigenvalue weighted by Crippen LogP contribution is -2.41. The second-order valence-corrected chi connectivity index (χ2v) is 7.72. The van der Waals surface area contributed by atoms with E-state index in [4.69, 9.17) is 10.1 Å². The highest BCUT2D eigenvalue weighted by molar-refractivity contribution is 7.17. The lowest BCUT2D eigenvalue weighted by atomic mass is 9.95. The van der Waals surface area contributed by atoms with Gasteiger partial charge in [-0.3, -0.25) is 4.79 Å². The van der Waals surface area contributed by atoms with E-state index in [-0.39, 0.29) is 30.8 Å². The number of halogens is 1. The number of carbonyl (C=O) groups is 1. The fourth-order valence-electron chi connectivity index (χ4n) is 3.64. The van der Waals surface area contributed by atoms with E-state index in [9.17, 15) is 4.79 Å². The van der Waals surface area contributed by atoms with Crippen molar-refractivity contribution in [3.63, 3.8) is 0 Å². The molecule has 1 fully saturated rings. The number of fused-ring (bicyclic) bond motifs is 1. The van der Waals surface area contributed by atoms with Crippen molar-refractivity contribution in [2.24, 2.45) is 5.92 Å². The van der Waals surface area contributed by atoms with Crippen LogP contribution in [-0.2, 0) is 4.79 Å². The van der Waals surface area contributed by atoms with Gasteiger partial charge in [0.2, 0.25) is 5.91 Å². The average molecular weight is 418 g/mol. The van der Waals surface area contributed by atoms with Crippen molar-refractivity contribution in [1.29, 1.82) is 0 Å². The second kappa shape index (κ2) is 9.37. The zero-order valence-corrected chi connectivity index (χ0v) is 17.1. The number of hydrogen-bond donors (Lipinski definition) is 2. The number of nitrogens with zero attached hydrogens (tertiary/aromatic N) is 2. The Balaban J connectivity index is 0.00000225. The van der Waals surface area contributed by atoms with Crippen LogP contribution in [0.15, 0.2) is 47.8 Å². The summed E-state index contributed by atoms with van der Waals surface area (Å²) in [5.74, 6) is 0.0896. The molecule has 0 spiro atoms. The molecule has 1 aliphatic rings. The van der Waals surface area contributed by atoms with Crippen LogP contribution in [-0.4, -0.2) is 42.2 Å². The molecule has 148 valence electrons. The smallest absolute Gasteiger partial charge is 0.223 e. The molecule has 0 aliphatic carbocycles. The van der Waals surface area contributed by atoms with Crippen LogP contribution in [0.25, 0.3) is 21.5 Å². The normalized spacial score (nSPS) is 14.7. The number of aliphatic hydroxyl groups excluding tert-OH is 1. The summed E-state index contributed by atoms with van der Waals surface area (Å²) in [7, 11) is 0. The molecule has 5 nitrogen and oxygen atoms in total. The third-order valence-corrected chi connectivity index (χ3v) is 6.00. The molecule has 0 saturated carbocycles. The maximum atomic E-state index is 12.2. The molecule has 7 heteroatoms. The zero-order chi connectivity index (χ0) is 18.6. The number of hydrogen-bond acceptors (Lipinski definition) is 5. The van der Waals surface area contributed by atoms with Gasteiger partial charge in [0, 0.05) is 31.1 Å². The van der Waals surface area contributed by atoms with Crippen LogP contribution in [0.2, 0.25) is 0 Å². The predicted octanol–water partition coefficient (Wildman–Crippen LogP) is 3.71. The Morgan fingerprint density at radius 1 is 1.21 bits per heavy atom. The summed E-state index contributed by atoms with van der Waals surface area (Å²) >= 11 is 1.72. The first kappa shape index (κ1) is 20.6. The Labute approximate surface area is 174 Å². The number of carbonyl (C=O) groups excluding carboxylic acids is 1. The Morgan fingerprint density at radius 2 is 1.96 bits per heavy atom. The summed E-state index contributed by atoms with van der Waals surface area (Å²) in [4.78, 5) is 19.4. The van der Waals surface area contributed by atoms with Gasteiger partial charge < -0.3 is 15.3 Å². The molecular formula is C21H24ClN3O2S. The Bertz CT molecular complexity index is 924. The van der Waals surface area contributed by atoms with Crippen molar-refractivity contribution in [2.45, 2.75) is 12.8 Å². The van der Waals surface area contributed by atoms with E-state index in [1.54, 1.807) is 11.3 Å². The first-order valence-corrected chi connectivity index (χ1v) is 10.2. The van der Waals surface area contributed by atoms with E-state index in [0.29, 0.717) is 6.54 Å². The molecular weight excluding hydrogens is 394 g/mol. The number of aliphatic hydroxyl groups is 1. The van der Waals surface area contributed by atoms with Crippen LogP contribution >= 0.6 is 23.7 Å². The summed E-state index contributed by atoms with van der Waals surface area (Å²) in [5, 5.41) is 13.8. The molecule has 0 radical (unpaired) electrons. The number of nitrogens with one attached hydrogen (secondary N) is 1. The minimum Gasteiger partial charge on any atom is -0.395 e. The number of piperidine rings is 1. The van der Waals surface area contributed by atoms with Gasteiger partial charge in [-0.2, -0.15) is 0 Å². The number of aromatic nitrogens is 1. The quantitative estimate of drug-likeness (QED) is 0.664. The van der Waals surface area contributed by atoms with Crippen molar-refractivity contribution in [3.8, 4) is 11.3 Å². The number of pyridine rings is 1. The van der Waals surface area contributed by atoms with Gasteiger partial charge in [0.25, 0.3) is 0 Å². The van der Waals surface area contributed by atoms with Crippen LogP contribution in [0.3, 0.4) is 0 Å². The van der Waals surface area contributed by atoms with E-state index in [2.05, 4.69) is 39.9 Å². The fraction of sp³-hybridized carbons (Fsp3) is 0.333. The van der Waals surface area contributed by atoms with E-state index in [0.717, 1.165) is 42.7 Å². The molecule has 1 saturated heterocycles. The predicted molar refractivity (Wildman–Crippen MR) is 117 cm³/mol. The monoisotopic (exact) mass is 417 g/mol. The number of amides is 1. The van der Waals surface area contributed by atoms with Crippen molar-refractivity contribution in [3.05, 3.63) is 47.8 Å². The van der Waals surface area contributed by atoms with Gasteiger partial charge in [-0.05, 0) is 30.4 Å². The molecule has 2 aromatic heterocycles. The summed E-state index contributed by atoms with van der Waals surface area (Å²) in [5.41, 5.74) is 4.34. The summed E-state index contributed by atoms with van der Waals surface area (Å²) < 4.78 is 1.21. The number of benzene rings is 1. The standard InChI is InChI=1S/C21H23N3O2S.ClH/c25-12-9-22-21(26)16-6-10-24(11-7-16)19-14-18(15-4-2-1-3-5-15)23-17-8-13-27-20(17)19;/h1-5,8,13-14,16,25H,6-7,9-12H2,(H,22,26);1H. The topological polar surface area (TPSA) is 65.5 Å². The van der Waals surface area contributed by atoms with E-state index < -0.39 is 0 Å². The maximum absolute atomic E-state index is 12.2. The van der Waals surface area contributed by atoms with Crippen LogP contribution in [0.4, 0.5) is 5.69 Å². The summed E-state index contributed by atoms with van der Waals surface area (Å²) in [6, 6.07) is 14.5. The molecule has 3 heterocycles. The van der Waals surface area contributed by atoms with Crippen molar-refractivity contribution < 1.29 is 9.90 Å². The van der Waals surface area contributed by atoms with Gasteiger partial charge in [-0.25, -0.2) is 4.98 Å². The molecule has 1 aromatic carbocycles. The minimum absolute atomic E-state index is 0. The lowest BCUT2D eigenvalue weighted by molar-refractivity contribution is -0.125. The van der Waals surface area contributed by atoms with Crippen LogP contribution < -0.4 is 10.2 Å². The van der Waals surface area contributed by atoms with Crippen LogP contribution in [0, 0.1) is 5.92 Å². The Kier molecular flexibility index (Phi) is 6.88. The highest BCUT2D eigenvalue weighted by Crippen LogP contribution is 2.36. The van der Waals surface area contributed by atoms with Crippen molar-refractivity contribution >= 4 is 45.6 Å². The molecule has 0 atom stereocenters. The van der Waals surface area contributed by atoms with Gasteiger partial charge in [-0.15, -0.1) is 23.7 Å².